The lowest BCUT2D eigenvalue weighted by Gasteiger charge is -2.38. The molecule has 0 radical (unpaired) electrons. The number of halogens is 1. The second kappa shape index (κ2) is 9.42. The number of aryl methyl sites for hydroxylation is 1. The zero-order valence-corrected chi connectivity index (χ0v) is 17.5. The van der Waals surface area contributed by atoms with Gasteiger partial charge >= 0.3 is 5.97 Å². The number of aliphatic carboxylic acids is 1. The van der Waals surface area contributed by atoms with E-state index < -0.39 is 5.97 Å². The minimum atomic E-state index is -0.698. The third-order valence-electron chi connectivity index (χ3n) is 5.99. The Bertz CT molecular complexity index is 957. The Morgan fingerprint density at radius 2 is 1.83 bits per heavy atom. The number of para-hydroxylation sites is 2. The van der Waals surface area contributed by atoms with Crippen molar-refractivity contribution >= 4 is 29.4 Å². The summed E-state index contributed by atoms with van der Waals surface area (Å²) in [5.41, 5.74) is 3.44. The number of nitrogens with zero attached hydrogens (tertiary/aromatic N) is 3. The summed E-state index contributed by atoms with van der Waals surface area (Å²) >= 11 is 0. The van der Waals surface area contributed by atoms with Crippen LogP contribution in [0.4, 0.5) is 0 Å². The Kier molecular flexibility index (Phi) is 6.93. The molecule has 154 valence electrons. The largest absolute Gasteiger partial charge is 0.481 e. The van der Waals surface area contributed by atoms with Gasteiger partial charge in [0.15, 0.2) is 0 Å². The van der Waals surface area contributed by atoms with Gasteiger partial charge in [-0.3, -0.25) is 9.69 Å². The molecule has 3 aromatic rings. The van der Waals surface area contributed by atoms with E-state index in [0.717, 1.165) is 49.3 Å². The summed E-state index contributed by atoms with van der Waals surface area (Å²) in [6.45, 7) is 2.78. The molecule has 0 spiro atoms. The van der Waals surface area contributed by atoms with Crippen molar-refractivity contribution in [2.45, 2.75) is 25.8 Å². The smallest absolute Gasteiger partial charge is 0.303 e. The number of aromatic nitrogens is 2. The highest BCUT2D eigenvalue weighted by atomic mass is 35.5. The number of piperidine rings is 1. The molecule has 1 aliphatic rings. The van der Waals surface area contributed by atoms with Gasteiger partial charge in [-0.2, -0.15) is 0 Å². The van der Waals surface area contributed by atoms with Gasteiger partial charge in [0.1, 0.15) is 5.82 Å². The number of likely N-dealkylation sites (tertiary alicyclic amines) is 1. The average molecular weight is 414 g/mol. The average Bonchev–Trinajstić information content (AvgIpc) is 3.00. The molecule has 4 rings (SSSR count). The summed E-state index contributed by atoms with van der Waals surface area (Å²) in [5.74, 6) is 0.841. The maximum atomic E-state index is 11.4. The summed E-state index contributed by atoms with van der Waals surface area (Å²) in [5, 5.41) is 9.39. The van der Waals surface area contributed by atoms with E-state index >= 15 is 0 Å². The van der Waals surface area contributed by atoms with Crippen LogP contribution in [-0.2, 0) is 24.8 Å². The Labute approximate surface area is 177 Å². The molecule has 1 saturated heterocycles. The fraction of sp³-hybridized carbons (Fsp3) is 0.391. The normalized spacial score (nSPS) is 19.8. The van der Waals surface area contributed by atoms with Crippen LogP contribution in [-0.4, -0.2) is 38.6 Å². The van der Waals surface area contributed by atoms with E-state index in [0.29, 0.717) is 5.92 Å². The van der Waals surface area contributed by atoms with Crippen LogP contribution in [0.15, 0.2) is 54.6 Å². The second-order valence-electron chi connectivity index (χ2n) is 7.91. The van der Waals surface area contributed by atoms with Crippen LogP contribution in [0.1, 0.15) is 24.2 Å². The van der Waals surface area contributed by atoms with Gasteiger partial charge in [-0.15, -0.1) is 12.4 Å². The number of carboxylic acids is 1. The van der Waals surface area contributed by atoms with E-state index in [1.165, 1.54) is 5.56 Å². The molecule has 0 bridgehead atoms. The van der Waals surface area contributed by atoms with Crippen LogP contribution >= 0.6 is 12.4 Å². The Balaban J connectivity index is 0.00000240. The zero-order valence-electron chi connectivity index (χ0n) is 16.7. The third kappa shape index (κ3) is 4.98. The second-order valence-corrected chi connectivity index (χ2v) is 7.91. The van der Waals surface area contributed by atoms with Crippen molar-refractivity contribution in [1.82, 2.24) is 14.5 Å². The molecular weight excluding hydrogens is 386 g/mol. The summed E-state index contributed by atoms with van der Waals surface area (Å²) in [6.07, 6.45) is 1.98. The summed E-state index contributed by atoms with van der Waals surface area (Å²) in [7, 11) is 2.06. The number of hydrogen-bond acceptors (Lipinski definition) is 3. The highest BCUT2D eigenvalue weighted by molar-refractivity contribution is 5.85. The van der Waals surface area contributed by atoms with Crippen molar-refractivity contribution in [1.29, 1.82) is 0 Å². The molecule has 2 atom stereocenters. The summed E-state index contributed by atoms with van der Waals surface area (Å²) in [6, 6.07) is 18.7. The van der Waals surface area contributed by atoms with Crippen LogP contribution in [0.3, 0.4) is 0 Å². The molecule has 0 amide bonds. The maximum Gasteiger partial charge on any atom is 0.303 e. The predicted molar refractivity (Wildman–Crippen MR) is 117 cm³/mol. The van der Waals surface area contributed by atoms with Crippen LogP contribution in [0.25, 0.3) is 11.0 Å². The van der Waals surface area contributed by atoms with Gasteiger partial charge in [0.05, 0.1) is 11.0 Å². The molecule has 5 nitrogen and oxygen atoms in total. The Morgan fingerprint density at radius 3 is 2.55 bits per heavy atom. The van der Waals surface area contributed by atoms with Gasteiger partial charge in [0.25, 0.3) is 0 Å². The van der Waals surface area contributed by atoms with Gasteiger partial charge in [-0.1, -0.05) is 42.5 Å². The molecular formula is C23H28ClN3O2. The molecule has 6 heteroatoms. The number of carboxylic acid groups (broad SMARTS) is 1. The highest BCUT2D eigenvalue weighted by Gasteiger charge is 2.32. The third-order valence-corrected chi connectivity index (χ3v) is 5.99. The minimum Gasteiger partial charge on any atom is -0.481 e. The van der Waals surface area contributed by atoms with Crippen LogP contribution < -0.4 is 0 Å². The molecule has 2 heterocycles. The first kappa shape index (κ1) is 21.3. The molecule has 1 fully saturated rings. The molecule has 1 aliphatic heterocycles. The van der Waals surface area contributed by atoms with E-state index in [4.69, 9.17) is 4.98 Å². The topological polar surface area (TPSA) is 58.4 Å². The number of hydrogen-bond donors (Lipinski definition) is 1. The van der Waals surface area contributed by atoms with Gasteiger partial charge in [0.2, 0.25) is 0 Å². The molecule has 29 heavy (non-hydrogen) atoms. The predicted octanol–water partition coefficient (Wildman–Crippen LogP) is 4.15. The lowest BCUT2D eigenvalue weighted by Crippen LogP contribution is -2.42. The van der Waals surface area contributed by atoms with Crippen LogP contribution in [0, 0.1) is 11.8 Å². The fourth-order valence-electron chi connectivity index (χ4n) is 4.48. The number of carbonyl (C=O) groups is 1. The van der Waals surface area contributed by atoms with Gasteiger partial charge in [-0.25, -0.2) is 4.98 Å². The molecule has 0 aliphatic carbocycles. The minimum absolute atomic E-state index is 0. The van der Waals surface area contributed by atoms with E-state index in [-0.39, 0.29) is 24.7 Å². The Morgan fingerprint density at radius 1 is 1.10 bits per heavy atom. The lowest BCUT2D eigenvalue weighted by molar-refractivity contribution is -0.139. The van der Waals surface area contributed by atoms with E-state index in [1.54, 1.807) is 0 Å². The summed E-state index contributed by atoms with van der Waals surface area (Å²) in [4.78, 5) is 18.7. The van der Waals surface area contributed by atoms with Crippen molar-refractivity contribution in [2.24, 2.45) is 18.9 Å². The first-order valence-electron chi connectivity index (χ1n) is 9.98. The summed E-state index contributed by atoms with van der Waals surface area (Å²) < 4.78 is 2.16. The van der Waals surface area contributed by atoms with Crippen molar-refractivity contribution in [3.05, 3.63) is 66.0 Å². The quantitative estimate of drug-likeness (QED) is 0.659. The standard InChI is InChI=1S/C23H27N3O2.ClH/c1-25-21-10-6-5-9-20(21)24-22(25)13-19-16-26(12-11-18(19)14-23(27)28)15-17-7-3-2-4-8-17;/h2-10,18-19H,11-16H2,1H3,(H,27,28);1H/t18-,19-;/m0./s1. The SMILES string of the molecule is Cl.Cn1c(C[C@H]2CN(Cc3ccccc3)CC[C@H]2CC(=O)O)nc2ccccc21. The first-order valence-corrected chi connectivity index (χ1v) is 9.98. The van der Waals surface area contributed by atoms with Gasteiger partial charge < -0.3 is 9.67 Å². The van der Waals surface area contributed by atoms with Crippen molar-refractivity contribution in [3.8, 4) is 0 Å². The molecule has 0 unspecified atom stereocenters. The number of imidazole rings is 1. The van der Waals surface area contributed by atoms with E-state index in [2.05, 4.69) is 46.8 Å². The molecule has 1 N–H and O–H groups in total. The van der Waals surface area contributed by atoms with Crippen LogP contribution in [0.2, 0.25) is 0 Å². The number of rotatable bonds is 6. The van der Waals surface area contributed by atoms with E-state index in [1.807, 2.05) is 24.3 Å². The monoisotopic (exact) mass is 413 g/mol. The first-order chi connectivity index (χ1) is 13.6. The zero-order chi connectivity index (χ0) is 19.5. The van der Waals surface area contributed by atoms with Crippen molar-refractivity contribution in [2.75, 3.05) is 13.1 Å². The molecule has 1 aromatic heterocycles. The Hall–Kier alpha value is -2.37. The van der Waals surface area contributed by atoms with Gasteiger partial charge in [-0.05, 0) is 42.5 Å². The van der Waals surface area contributed by atoms with Crippen molar-refractivity contribution < 1.29 is 9.90 Å². The highest BCUT2D eigenvalue weighted by Crippen LogP contribution is 2.31. The maximum absolute atomic E-state index is 11.4. The fourth-order valence-corrected chi connectivity index (χ4v) is 4.48. The van der Waals surface area contributed by atoms with E-state index in [9.17, 15) is 9.90 Å². The van der Waals surface area contributed by atoms with Crippen LogP contribution in [0.5, 0.6) is 0 Å². The number of benzene rings is 2. The molecule has 0 saturated carbocycles. The lowest BCUT2D eigenvalue weighted by atomic mass is 9.81. The van der Waals surface area contributed by atoms with Gasteiger partial charge in [0, 0.05) is 33.0 Å². The van der Waals surface area contributed by atoms with Crippen molar-refractivity contribution in [3.63, 3.8) is 0 Å². The number of fused-ring (bicyclic) bond motifs is 1. The molecule has 2 aromatic carbocycles.